The average Bonchev–Trinajstić information content (AvgIpc) is 3.30. The minimum absolute atomic E-state index is 0.0496. The highest BCUT2D eigenvalue weighted by Gasteiger charge is 2.49. The predicted octanol–water partition coefficient (Wildman–Crippen LogP) is 3.08. The second kappa shape index (κ2) is 7.62. The summed E-state index contributed by atoms with van der Waals surface area (Å²) in [6.07, 6.45) is 1.18. The van der Waals surface area contributed by atoms with Crippen molar-refractivity contribution in [3.05, 3.63) is 53.6 Å². The zero-order valence-electron chi connectivity index (χ0n) is 19.1. The van der Waals surface area contributed by atoms with Crippen LogP contribution in [0.5, 0.6) is 0 Å². The molecule has 1 aromatic carbocycles. The molecule has 0 N–H and O–H groups in total. The van der Waals surface area contributed by atoms with Gasteiger partial charge in [-0.2, -0.15) is 5.10 Å². The van der Waals surface area contributed by atoms with Crippen LogP contribution in [-0.4, -0.2) is 67.7 Å². The molecule has 0 aliphatic carbocycles. The molecule has 33 heavy (non-hydrogen) atoms. The van der Waals surface area contributed by atoms with E-state index in [9.17, 15) is 14.0 Å². The van der Waals surface area contributed by atoms with Crippen LogP contribution in [0.3, 0.4) is 0 Å². The highest BCUT2D eigenvalue weighted by molar-refractivity contribution is 5.93. The third kappa shape index (κ3) is 3.66. The molecule has 1 unspecified atom stereocenters. The van der Waals surface area contributed by atoms with Crippen molar-refractivity contribution in [3.8, 4) is 11.3 Å². The van der Waals surface area contributed by atoms with Gasteiger partial charge >= 0.3 is 0 Å². The monoisotopic (exact) mass is 451 g/mol. The highest BCUT2D eigenvalue weighted by Crippen LogP contribution is 2.30. The predicted molar refractivity (Wildman–Crippen MR) is 119 cm³/mol. The van der Waals surface area contributed by atoms with E-state index < -0.39 is 11.8 Å². The van der Waals surface area contributed by atoms with Crippen molar-refractivity contribution < 1.29 is 18.7 Å². The Hall–Kier alpha value is -3.33. The van der Waals surface area contributed by atoms with E-state index in [4.69, 9.17) is 4.74 Å². The summed E-state index contributed by atoms with van der Waals surface area (Å²) in [5.74, 6) is -0.440. The third-order valence-corrected chi connectivity index (χ3v) is 6.26. The zero-order chi connectivity index (χ0) is 23.5. The van der Waals surface area contributed by atoms with E-state index in [-0.39, 0.29) is 29.2 Å². The molecule has 2 aromatic heterocycles. The Kier molecular flexibility index (Phi) is 4.97. The third-order valence-electron chi connectivity index (χ3n) is 6.26. The second-order valence-corrected chi connectivity index (χ2v) is 9.37. The lowest BCUT2D eigenvalue weighted by Crippen LogP contribution is -2.53. The van der Waals surface area contributed by atoms with Crippen LogP contribution in [0.25, 0.3) is 16.9 Å². The summed E-state index contributed by atoms with van der Waals surface area (Å²) in [5, 5.41) is 4.63. The molecule has 0 bridgehead atoms. The number of ether oxygens (including phenoxy) is 1. The molecule has 8 nitrogen and oxygen atoms in total. The second-order valence-electron chi connectivity index (χ2n) is 9.37. The Morgan fingerprint density at radius 2 is 1.94 bits per heavy atom. The molecule has 2 amide bonds. The largest absolute Gasteiger partial charge is 0.341 e. The van der Waals surface area contributed by atoms with Gasteiger partial charge in [-0.15, -0.1) is 0 Å². The number of hydrogen-bond acceptors (Lipinski definition) is 5. The Morgan fingerprint density at radius 3 is 2.64 bits per heavy atom. The molecule has 3 aromatic rings. The number of aromatic nitrogens is 3. The lowest BCUT2D eigenvalue weighted by Gasteiger charge is -2.35. The fourth-order valence-electron chi connectivity index (χ4n) is 4.46. The number of benzene rings is 1. The van der Waals surface area contributed by atoms with Crippen LogP contribution in [0, 0.1) is 5.82 Å². The number of carbonyl (C=O) groups is 2. The first kappa shape index (κ1) is 21.5. The summed E-state index contributed by atoms with van der Waals surface area (Å²) in [7, 11) is 0. The van der Waals surface area contributed by atoms with Crippen LogP contribution in [0.4, 0.5) is 4.39 Å². The summed E-state index contributed by atoms with van der Waals surface area (Å²) in [5.41, 5.74) is 2.43. The van der Waals surface area contributed by atoms with E-state index in [1.807, 2.05) is 6.07 Å². The van der Waals surface area contributed by atoms with Gasteiger partial charge in [0, 0.05) is 24.2 Å². The van der Waals surface area contributed by atoms with Crippen molar-refractivity contribution in [1.82, 2.24) is 24.4 Å². The molecular weight excluding hydrogens is 425 g/mol. The smallest absolute Gasteiger partial charge is 0.274 e. The lowest BCUT2D eigenvalue weighted by molar-refractivity contribution is -0.134. The van der Waals surface area contributed by atoms with Crippen LogP contribution in [0.15, 0.2) is 36.5 Å². The number of imidazole rings is 1. The van der Waals surface area contributed by atoms with E-state index in [1.54, 1.807) is 46.5 Å². The fourth-order valence-corrected chi connectivity index (χ4v) is 4.46. The molecule has 0 radical (unpaired) electrons. The van der Waals surface area contributed by atoms with Crippen LogP contribution >= 0.6 is 0 Å². The molecule has 0 saturated carbocycles. The van der Waals surface area contributed by atoms with Gasteiger partial charge in [0.15, 0.2) is 11.9 Å². The first-order chi connectivity index (χ1) is 15.6. The van der Waals surface area contributed by atoms with E-state index in [1.165, 1.54) is 12.1 Å². The molecule has 5 rings (SSSR count). The van der Waals surface area contributed by atoms with Crippen LogP contribution in [-0.2, 0) is 9.53 Å². The van der Waals surface area contributed by atoms with Gasteiger partial charge in [-0.1, -0.05) is 13.8 Å². The molecular formula is C24H26FN5O3. The molecule has 172 valence electrons. The van der Waals surface area contributed by atoms with Crippen LogP contribution in [0.1, 0.15) is 49.7 Å². The lowest BCUT2D eigenvalue weighted by atomic mass is 10.0. The maximum atomic E-state index is 13.4. The van der Waals surface area contributed by atoms with Gasteiger partial charge in [-0.25, -0.2) is 13.9 Å². The first-order valence-electron chi connectivity index (χ1n) is 11.1. The fraction of sp³-hybridized carbons (Fsp3) is 0.417. The SMILES string of the molecule is CC(C)c1cc(-c2ccc(F)cc2)nn2cc(C(=O)N3CCN4C(=O)C(C)(C)OC4C3)nc12. The zero-order valence-corrected chi connectivity index (χ0v) is 19.1. The number of halogens is 1. The van der Waals surface area contributed by atoms with Gasteiger partial charge in [0.1, 0.15) is 17.1 Å². The molecule has 4 heterocycles. The van der Waals surface area contributed by atoms with Crippen molar-refractivity contribution in [2.75, 3.05) is 19.6 Å². The summed E-state index contributed by atoms with van der Waals surface area (Å²) in [4.78, 5) is 33.7. The van der Waals surface area contributed by atoms with Crippen LogP contribution in [0.2, 0.25) is 0 Å². The Balaban J connectivity index is 1.46. The number of amides is 2. The summed E-state index contributed by atoms with van der Waals surface area (Å²) in [6, 6.07) is 8.10. The van der Waals surface area contributed by atoms with Gasteiger partial charge in [-0.05, 0) is 50.1 Å². The number of carbonyl (C=O) groups excluding carboxylic acids is 2. The van der Waals surface area contributed by atoms with E-state index in [0.717, 1.165) is 11.1 Å². The molecule has 2 aliphatic heterocycles. The molecule has 1 atom stereocenters. The van der Waals surface area contributed by atoms with Crippen molar-refractivity contribution in [2.45, 2.75) is 45.4 Å². The minimum Gasteiger partial charge on any atom is -0.341 e. The van der Waals surface area contributed by atoms with Gasteiger partial charge in [0.2, 0.25) is 0 Å². The molecule has 2 fully saturated rings. The number of hydrogen-bond donors (Lipinski definition) is 0. The standard InChI is InChI=1S/C24H26FN5O3/c1-14(2)17-11-18(15-5-7-16(25)8-6-15)27-30-12-19(26-21(17)30)22(31)28-9-10-29-20(13-28)33-24(3,4)23(29)32/h5-8,11-12,14,20H,9-10,13H2,1-4H3. The molecule has 2 aliphatic rings. The van der Waals surface area contributed by atoms with E-state index in [2.05, 4.69) is 23.9 Å². The first-order valence-corrected chi connectivity index (χ1v) is 11.1. The van der Waals surface area contributed by atoms with Crippen molar-refractivity contribution in [2.24, 2.45) is 0 Å². The number of rotatable bonds is 3. The topological polar surface area (TPSA) is 80.0 Å². The minimum atomic E-state index is -0.875. The Labute approximate surface area is 191 Å². The maximum Gasteiger partial charge on any atom is 0.274 e. The van der Waals surface area contributed by atoms with Gasteiger partial charge in [-0.3, -0.25) is 9.59 Å². The molecule has 9 heteroatoms. The van der Waals surface area contributed by atoms with Gasteiger partial charge in [0.25, 0.3) is 11.8 Å². The van der Waals surface area contributed by atoms with Crippen molar-refractivity contribution in [3.63, 3.8) is 0 Å². The normalized spacial score (nSPS) is 20.1. The van der Waals surface area contributed by atoms with E-state index >= 15 is 0 Å². The molecule has 0 spiro atoms. The highest BCUT2D eigenvalue weighted by atomic mass is 19.1. The number of piperazine rings is 1. The Bertz CT molecular complexity index is 1250. The van der Waals surface area contributed by atoms with E-state index in [0.29, 0.717) is 31.0 Å². The quantitative estimate of drug-likeness (QED) is 0.612. The molecule has 2 saturated heterocycles. The average molecular weight is 452 g/mol. The van der Waals surface area contributed by atoms with Crippen molar-refractivity contribution >= 4 is 17.5 Å². The number of fused-ring (bicyclic) bond motifs is 2. The number of nitrogens with zero attached hydrogens (tertiary/aromatic N) is 5. The summed E-state index contributed by atoms with van der Waals surface area (Å²) < 4.78 is 20.9. The Morgan fingerprint density at radius 1 is 1.21 bits per heavy atom. The summed E-state index contributed by atoms with van der Waals surface area (Å²) >= 11 is 0. The summed E-state index contributed by atoms with van der Waals surface area (Å²) in [6.45, 7) is 8.74. The van der Waals surface area contributed by atoms with Crippen LogP contribution < -0.4 is 0 Å². The van der Waals surface area contributed by atoms with Gasteiger partial charge in [0.05, 0.1) is 18.4 Å². The maximum absolute atomic E-state index is 13.4. The van der Waals surface area contributed by atoms with Crippen molar-refractivity contribution in [1.29, 1.82) is 0 Å². The van der Waals surface area contributed by atoms with Gasteiger partial charge < -0.3 is 14.5 Å².